The predicted molar refractivity (Wildman–Crippen MR) is 106 cm³/mol. The fourth-order valence-corrected chi connectivity index (χ4v) is 5.44. The maximum atomic E-state index is 13.4. The summed E-state index contributed by atoms with van der Waals surface area (Å²) in [5.74, 6) is -0.269. The molecule has 0 spiro atoms. The third-order valence-corrected chi connectivity index (χ3v) is 6.41. The first-order valence-electron chi connectivity index (χ1n) is 9.39. The highest BCUT2D eigenvalue weighted by Crippen LogP contribution is 2.84. The molecule has 0 unspecified atom stereocenters. The van der Waals surface area contributed by atoms with Gasteiger partial charge in [-0.15, -0.1) is 0 Å². The van der Waals surface area contributed by atoms with E-state index in [4.69, 9.17) is 9.85 Å². The molecule has 0 bridgehead atoms. The van der Waals surface area contributed by atoms with Crippen LogP contribution in [0, 0.1) is 5.41 Å². The number of carbonyl (C=O) groups is 1. The first kappa shape index (κ1) is 16.9. The van der Waals surface area contributed by atoms with E-state index in [0.29, 0.717) is 6.54 Å². The average molecular weight is 368 g/mol. The quantitative estimate of drug-likeness (QED) is 0.636. The lowest BCUT2D eigenvalue weighted by Gasteiger charge is -2.25. The monoisotopic (exact) mass is 368 g/mol. The Morgan fingerprint density at radius 3 is 1.71 bits per heavy atom. The normalized spacial score (nSPS) is 26.5. The van der Waals surface area contributed by atoms with Gasteiger partial charge in [0.1, 0.15) is 11.0 Å². The number of fused-ring (bicyclic) bond motifs is 1. The minimum Gasteiger partial charge on any atom is -0.468 e. The second-order valence-corrected chi connectivity index (χ2v) is 7.35. The van der Waals surface area contributed by atoms with E-state index in [1.54, 1.807) is 0 Å². The number of carbonyl (C=O) groups excluding carboxylic acids is 1. The number of methoxy groups -OCH3 is 1. The Morgan fingerprint density at radius 2 is 1.25 bits per heavy atom. The van der Waals surface area contributed by atoms with E-state index in [1.165, 1.54) is 7.11 Å². The molecule has 3 aromatic rings. The van der Waals surface area contributed by atoms with E-state index in [-0.39, 0.29) is 5.97 Å². The number of nitrogens with zero attached hydrogens (tertiary/aromatic N) is 2. The van der Waals surface area contributed by atoms with E-state index < -0.39 is 16.4 Å². The Hall–Kier alpha value is -3.27. The third kappa shape index (κ3) is 1.69. The Balaban J connectivity index is 1.91. The maximum absolute atomic E-state index is 13.4. The molecule has 0 radical (unpaired) electrons. The fraction of sp³-hybridized carbons (Fsp3) is 0.208. The highest BCUT2D eigenvalue weighted by atomic mass is 16.5. The van der Waals surface area contributed by atoms with Crippen LogP contribution in [0.1, 0.15) is 16.7 Å². The highest BCUT2D eigenvalue weighted by Gasteiger charge is 2.95. The molecule has 0 saturated heterocycles. The molecule has 4 heteroatoms. The molecule has 1 heterocycles. The van der Waals surface area contributed by atoms with Crippen LogP contribution in [-0.4, -0.2) is 19.6 Å². The van der Waals surface area contributed by atoms with Crippen molar-refractivity contribution in [1.82, 2.24) is 0 Å². The van der Waals surface area contributed by atoms with Gasteiger partial charge in [0.15, 0.2) is 0 Å². The molecular formula is C24H20N2O2. The van der Waals surface area contributed by atoms with Crippen molar-refractivity contribution in [1.29, 1.82) is 0 Å². The summed E-state index contributed by atoms with van der Waals surface area (Å²) in [5.41, 5.74) is 0.687. The fourth-order valence-electron chi connectivity index (χ4n) is 5.44. The molecule has 2 aliphatic rings. The summed E-state index contributed by atoms with van der Waals surface area (Å²) in [5, 5.41) is 9.16. The molecule has 1 aliphatic heterocycles. The van der Waals surface area contributed by atoms with Crippen LogP contribution >= 0.6 is 0 Å². The van der Waals surface area contributed by atoms with Gasteiger partial charge in [-0.05, 0) is 16.7 Å². The molecule has 28 heavy (non-hydrogen) atoms. The summed E-state index contributed by atoms with van der Waals surface area (Å²) >= 11 is 0. The van der Waals surface area contributed by atoms with Gasteiger partial charge in [-0.3, -0.25) is 4.79 Å². The van der Waals surface area contributed by atoms with Gasteiger partial charge in [0.05, 0.1) is 19.1 Å². The zero-order valence-electron chi connectivity index (χ0n) is 15.6. The molecule has 1 saturated carbocycles. The SMILES string of the molecule is COC(=O)[C@@]12CN=N[C@]1(c1ccccc1)C2(c1ccccc1)c1ccccc1. The Bertz CT molecular complexity index is 1010. The first-order valence-corrected chi connectivity index (χ1v) is 9.39. The van der Waals surface area contributed by atoms with E-state index in [0.717, 1.165) is 16.7 Å². The number of hydrogen-bond acceptors (Lipinski definition) is 4. The van der Waals surface area contributed by atoms with Crippen LogP contribution in [-0.2, 0) is 20.5 Å². The highest BCUT2D eigenvalue weighted by molar-refractivity contribution is 5.93. The summed E-state index contributed by atoms with van der Waals surface area (Å²) in [6, 6.07) is 30.3. The second-order valence-electron chi connectivity index (χ2n) is 7.35. The average Bonchev–Trinajstić information content (AvgIpc) is 3.08. The molecule has 0 N–H and O–H groups in total. The van der Waals surface area contributed by atoms with Crippen LogP contribution < -0.4 is 0 Å². The summed E-state index contributed by atoms with van der Waals surface area (Å²) < 4.78 is 5.36. The second kappa shape index (κ2) is 5.86. The summed E-state index contributed by atoms with van der Waals surface area (Å²) in [6.07, 6.45) is 0. The van der Waals surface area contributed by atoms with Gasteiger partial charge in [0.25, 0.3) is 0 Å². The van der Waals surface area contributed by atoms with Gasteiger partial charge in [-0.1, -0.05) is 91.0 Å². The molecular weight excluding hydrogens is 348 g/mol. The Morgan fingerprint density at radius 1 is 0.786 bits per heavy atom. The predicted octanol–water partition coefficient (Wildman–Crippen LogP) is 4.51. The molecule has 4 nitrogen and oxygen atoms in total. The molecule has 138 valence electrons. The van der Waals surface area contributed by atoms with Crippen LogP contribution in [0.5, 0.6) is 0 Å². The van der Waals surface area contributed by atoms with Crippen molar-refractivity contribution in [3.63, 3.8) is 0 Å². The van der Waals surface area contributed by atoms with Crippen molar-refractivity contribution in [2.45, 2.75) is 11.0 Å². The van der Waals surface area contributed by atoms with Crippen molar-refractivity contribution in [3.8, 4) is 0 Å². The third-order valence-electron chi connectivity index (χ3n) is 6.41. The molecule has 1 aliphatic carbocycles. The molecule has 3 aromatic carbocycles. The summed E-state index contributed by atoms with van der Waals surface area (Å²) in [4.78, 5) is 13.4. The number of rotatable bonds is 4. The number of hydrogen-bond donors (Lipinski definition) is 0. The van der Waals surface area contributed by atoms with E-state index >= 15 is 0 Å². The smallest absolute Gasteiger partial charge is 0.318 e. The van der Waals surface area contributed by atoms with Crippen molar-refractivity contribution in [3.05, 3.63) is 108 Å². The number of azo groups is 1. The molecule has 0 amide bonds. The van der Waals surface area contributed by atoms with Gasteiger partial charge >= 0.3 is 5.97 Å². The van der Waals surface area contributed by atoms with Gasteiger partial charge in [0, 0.05) is 0 Å². The summed E-state index contributed by atoms with van der Waals surface area (Å²) in [6.45, 7) is 0.304. The Kier molecular flexibility index (Phi) is 3.53. The van der Waals surface area contributed by atoms with E-state index in [1.807, 2.05) is 66.7 Å². The molecule has 0 aromatic heterocycles. The van der Waals surface area contributed by atoms with Crippen LogP contribution in [0.25, 0.3) is 0 Å². The Labute approximate surface area is 163 Å². The van der Waals surface area contributed by atoms with Crippen LogP contribution in [0.3, 0.4) is 0 Å². The van der Waals surface area contributed by atoms with E-state index in [2.05, 4.69) is 29.4 Å². The number of ether oxygens (including phenoxy) is 1. The van der Waals surface area contributed by atoms with E-state index in [9.17, 15) is 4.79 Å². The van der Waals surface area contributed by atoms with Crippen molar-refractivity contribution >= 4 is 5.97 Å². The van der Waals surface area contributed by atoms with Crippen LogP contribution in [0.4, 0.5) is 0 Å². The van der Waals surface area contributed by atoms with Crippen molar-refractivity contribution in [2.24, 2.45) is 15.6 Å². The van der Waals surface area contributed by atoms with Gasteiger partial charge in [-0.2, -0.15) is 10.2 Å². The van der Waals surface area contributed by atoms with Crippen LogP contribution in [0.2, 0.25) is 0 Å². The zero-order chi connectivity index (χ0) is 19.2. The summed E-state index contributed by atoms with van der Waals surface area (Å²) in [7, 11) is 1.45. The maximum Gasteiger partial charge on any atom is 0.318 e. The zero-order valence-corrected chi connectivity index (χ0v) is 15.6. The lowest BCUT2D eigenvalue weighted by molar-refractivity contribution is -0.147. The molecule has 2 atom stereocenters. The topological polar surface area (TPSA) is 51.0 Å². The minimum absolute atomic E-state index is 0.269. The van der Waals surface area contributed by atoms with Crippen LogP contribution in [0.15, 0.2) is 101 Å². The lowest BCUT2D eigenvalue weighted by atomic mass is 9.78. The van der Waals surface area contributed by atoms with Gasteiger partial charge in [0.2, 0.25) is 0 Å². The number of benzene rings is 3. The molecule has 5 rings (SSSR count). The minimum atomic E-state index is -0.904. The lowest BCUT2D eigenvalue weighted by Crippen LogP contribution is -2.31. The van der Waals surface area contributed by atoms with Crippen molar-refractivity contribution < 1.29 is 9.53 Å². The standard InChI is InChI=1S/C24H20N2O2/c1-28-21(27)22-17-25-26-24(22,20-15-9-4-10-16-20)23(22,18-11-5-2-6-12-18)19-13-7-3-8-14-19/h2-16H,17H2,1H3/t22-,24+/m1/s1. The van der Waals surface area contributed by atoms with Crippen molar-refractivity contribution in [2.75, 3.05) is 13.7 Å². The largest absolute Gasteiger partial charge is 0.468 e. The van der Waals surface area contributed by atoms with Gasteiger partial charge < -0.3 is 4.74 Å². The first-order chi connectivity index (χ1) is 13.8. The molecule has 1 fully saturated rings. The van der Waals surface area contributed by atoms with Gasteiger partial charge in [-0.25, -0.2) is 0 Å². The number of esters is 1.